The van der Waals surface area contributed by atoms with Crippen LogP contribution in [0.3, 0.4) is 0 Å². The molecule has 2 fully saturated rings. The van der Waals surface area contributed by atoms with Crippen LogP contribution in [-0.4, -0.2) is 28.6 Å². The van der Waals surface area contributed by atoms with Crippen LogP contribution < -0.4 is 4.90 Å². The minimum absolute atomic E-state index is 0.348. The van der Waals surface area contributed by atoms with Crippen molar-refractivity contribution in [3.05, 3.63) is 23.5 Å². The Morgan fingerprint density at radius 1 is 1.30 bits per heavy atom. The molecule has 3 rings (SSSR count). The zero-order valence-electron chi connectivity index (χ0n) is 12.0. The highest BCUT2D eigenvalue weighted by Gasteiger charge is 2.35. The van der Waals surface area contributed by atoms with Gasteiger partial charge in [-0.15, -0.1) is 0 Å². The first kappa shape index (κ1) is 13.4. The summed E-state index contributed by atoms with van der Waals surface area (Å²) in [6, 6.07) is 2.47. The van der Waals surface area contributed by atoms with Crippen LogP contribution in [0, 0.1) is 12.8 Å². The van der Waals surface area contributed by atoms with Crippen LogP contribution in [0.1, 0.15) is 54.6 Å². The van der Waals surface area contributed by atoms with Crippen LogP contribution in [0.5, 0.6) is 0 Å². The first-order chi connectivity index (χ1) is 9.66. The highest BCUT2D eigenvalue weighted by atomic mass is 16.4. The van der Waals surface area contributed by atoms with Crippen molar-refractivity contribution in [3.8, 4) is 0 Å². The highest BCUT2D eigenvalue weighted by molar-refractivity contribution is 5.94. The second-order valence-electron chi connectivity index (χ2n) is 6.10. The van der Waals surface area contributed by atoms with E-state index in [2.05, 4.69) is 9.88 Å². The van der Waals surface area contributed by atoms with Crippen molar-refractivity contribution in [3.63, 3.8) is 0 Å². The maximum absolute atomic E-state index is 11.5. The lowest BCUT2D eigenvalue weighted by Crippen LogP contribution is -2.35. The molecule has 2 heterocycles. The predicted molar refractivity (Wildman–Crippen MR) is 78.3 cm³/mol. The molecule has 1 atom stereocenters. The first-order valence-electron chi connectivity index (χ1n) is 7.63. The van der Waals surface area contributed by atoms with E-state index in [0.717, 1.165) is 23.8 Å². The lowest BCUT2D eigenvalue weighted by molar-refractivity contribution is 0.0697. The van der Waals surface area contributed by atoms with Gasteiger partial charge in [-0.3, -0.25) is 4.98 Å². The van der Waals surface area contributed by atoms with Crippen molar-refractivity contribution in [2.24, 2.45) is 5.92 Å². The Balaban J connectivity index is 1.94. The number of nitrogens with zero attached hydrogens (tertiary/aromatic N) is 2. The van der Waals surface area contributed by atoms with E-state index >= 15 is 0 Å². The van der Waals surface area contributed by atoms with E-state index in [4.69, 9.17) is 0 Å². The monoisotopic (exact) mass is 274 g/mol. The van der Waals surface area contributed by atoms with Gasteiger partial charge in [0.25, 0.3) is 0 Å². The molecule has 0 bridgehead atoms. The van der Waals surface area contributed by atoms with Gasteiger partial charge in [-0.1, -0.05) is 12.8 Å². The number of carbonyl (C=O) groups is 1. The molecular weight excluding hydrogens is 252 g/mol. The van der Waals surface area contributed by atoms with E-state index in [1.165, 1.54) is 44.7 Å². The molecule has 0 radical (unpaired) electrons. The van der Waals surface area contributed by atoms with Gasteiger partial charge in [-0.25, -0.2) is 4.79 Å². The van der Waals surface area contributed by atoms with Crippen molar-refractivity contribution in [2.75, 3.05) is 11.4 Å². The molecule has 1 aromatic heterocycles. The number of aryl methyl sites for hydroxylation is 1. The summed E-state index contributed by atoms with van der Waals surface area (Å²) in [6.07, 6.45) is 9.14. The van der Waals surface area contributed by atoms with E-state index in [1.54, 1.807) is 0 Å². The first-order valence-corrected chi connectivity index (χ1v) is 7.63. The van der Waals surface area contributed by atoms with Gasteiger partial charge in [0.2, 0.25) is 0 Å². The molecule has 0 amide bonds. The second-order valence-corrected chi connectivity index (χ2v) is 6.10. The largest absolute Gasteiger partial charge is 0.478 e. The molecule has 4 heteroatoms. The van der Waals surface area contributed by atoms with Crippen molar-refractivity contribution in [1.29, 1.82) is 0 Å². The lowest BCUT2D eigenvalue weighted by Gasteiger charge is -2.32. The molecule has 0 spiro atoms. The molecule has 1 N–H and O–H groups in total. The van der Waals surface area contributed by atoms with Gasteiger partial charge in [-0.05, 0) is 44.6 Å². The van der Waals surface area contributed by atoms with Gasteiger partial charge < -0.3 is 10.0 Å². The number of rotatable bonds is 3. The molecule has 108 valence electrons. The highest BCUT2D eigenvalue weighted by Crippen LogP contribution is 2.38. The van der Waals surface area contributed by atoms with Gasteiger partial charge >= 0.3 is 5.97 Å². The Morgan fingerprint density at radius 2 is 2.05 bits per heavy atom. The topological polar surface area (TPSA) is 53.4 Å². The fourth-order valence-electron chi connectivity index (χ4n) is 3.87. The van der Waals surface area contributed by atoms with Crippen LogP contribution in [-0.2, 0) is 0 Å². The third-order valence-electron chi connectivity index (χ3n) is 4.80. The Kier molecular flexibility index (Phi) is 3.64. The van der Waals surface area contributed by atoms with Crippen LogP contribution in [0.15, 0.2) is 12.3 Å². The standard InChI is InChI=1S/C16H22N2O2/c1-11-9-15(13(10-17-11)16(19)20)18-8-4-7-14(18)12-5-2-3-6-12/h9-10,12,14H,2-8H2,1H3,(H,19,20). The van der Waals surface area contributed by atoms with Crippen molar-refractivity contribution < 1.29 is 9.90 Å². The van der Waals surface area contributed by atoms with Crippen molar-refractivity contribution >= 4 is 11.7 Å². The average molecular weight is 274 g/mol. The minimum Gasteiger partial charge on any atom is -0.478 e. The zero-order valence-corrected chi connectivity index (χ0v) is 12.0. The summed E-state index contributed by atoms with van der Waals surface area (Å²) in [5.41, 5.74) is 2.11. The number of anilines is 1. The normalized spacial score (nSPS) is 23.4. The molecule has 0 aromatic carbocycles. The molecule has 1 aromatic rings. The Morgan fingerprint density at radius 3 is 2.75 bits per heavy atom. The maximum atomic E-state index is 11.5. The smallest absolute Gasteiger partial charge is 0.339 e. The Bertz CT molecular complexity index is 509. The molecule has 1 unspecified atom stereocenters. The van der Waals surface area contributed by atoms with Crippen molar-refractivity contribution in [1.82, 2.24) is 4.98 Å². The minimum atomic E-state index is -0.871. The van der Waals surface area contributed by atoms with E-state index in [0.29, 0.717) is 11.6 Å². The summed E-state index contributed by atoms with van der Waals surface area (Å²) >= 11 is 0. The molecule has 1 saturated carbocycles. The molecule has 1 aliphatic carbocycles. The zero-order chi connectivity index (χ0) is 14.1. The fraction of sp³-hybridized carbons (Fsp3) is 0.625. The SMILES string of the molecule is Cc1cc(N2CCCC2C2CCCC2)c(C(=O)O)cn1. The predicted octanol–water partition coefficient (Wildman–Crippen LogP) is 3.25. The van der Waals surface area contributed by atoms with E-state index in [9.17, 15) is 9.90 Å². The Hall–Kier alpha value is -1.58. The number of hydrogen-bond acceptors (Lipinski definition) is 3. The van der Waals surface area contributed by atoms with Gasteiger partial charge in [-0.2, -0.15) is 0 Å². The van der Waals surface area contributed by atoms with Crippen LogP contribution in [0.2, 0.25) is 0 Å². The molecule has 4 nitrogen and oxygen atoms in total. The summed E-state index contributed by atoms with van der Waals surface area (Å²) in [6.45, 7) is 2.90. The fourth-order valence-corrected chi connectivity index (χ4v) is 3.87. The summed E-state index contributed by atoms with van der Waals surface area (Å²) in [4.78, 5) is 17.9. The lowest BCUT2D eigenvalue weighted by atomic mass is 9.95. The second kappa shape index (κ2) is 5.43. The molecular formula is C16H22N2O2. The van der Waals surface area contributed by atoms with Crippen LogP contribution in [0.4, 0.5) is 5.69 Å². The number of carboxylic acids is 1. The quantitative estimate of drug-likeness (QED) is 0.919. The van der Waals surface area contributed by atoms with Gasteiger partial charge in [0.1, 0.15) is 5.56 Å². The van der Waals surface area contributed by atoms with Gasteiger partial charge in [0, 0.05) is 24.5 Å². The summed E-state index contributed by atoms with van der Waals surface area (Å²) < 4.78 is 0. The van der Waals surface area contributed by atoms with Crippen LogP contribution >= 0.6 is 0 Å². The summed E-state index contributed by atoms with van der Waals surface area (Å²) in [5, 5.41) is 9.40. The van der Waals surface area contributed by atoms with E-state index < -0.39 is 5.97 Å². The number of carboxylic acid groups (broad SMARTS) is 1. The summed E-state index contributed by atoms with van der Waals surface area (Å²) in [7, 11) is 0. The number of aromatic nitrogens is 1. The molecule has 20 heavy (non-hydrogen) atoms. The summed E-state index contributed by atoms with van der Waals surface area (Å²) in [5.74, 6) is -0.128. The number of pyridine rings is 1. The van der Waals surface area contributed by atoms with E-state index in [-0.39, 0.29) is 0 Å². The third-order valence-corrected chi connectivity index (χ3v) is 4.80. The van der Waals surface area contributed by atoms with Crippen molar-refractivity contribution in [2.45, 2.75) is 51.5 Å². The van der Waals surface area contributed by atoms with Gasteiger partial charge in [0.05, 0.1) is 5.69 Å². The maximum Gasteiger partial charge on any atom is 0.339 e. The van der Waals surface area contributed by atoms with Gasteiger partial charge in [0.15, 0.2) is 0 Å². The third kappa shape index (κ3) is 2.39. The molecule has 1 saturated heterocycles. The average Bonchev–Trinajstić information content (AvgIpc) is 3.09. The number of hydrogen-bond donors (Lipinski definition) is 1. The van der Waals surface area contributed by atoms with Crippen LogP contribution in [0.25, 0.3) is 0 Å². The Labute approximate surface area is 119 Å². The van der Waals surface area contributed by atoms with E-state index in [1.807, 2.05) is 13.0 Å². The number of aromatic carboxylic acids is 1. The molecule has 2 aliphatic rings. The molecule has 1 aliphatic heterocycles.